The largest absolute Gasteiger partial charge is 0.367 e. The van der Waals surface area contributed by atoms with Crippen LogP contribution in [0, 0.1) is 0 Å². The average molecular weight is 279 g/mol. The molecule has 3 nitrogen and oxygen atoms in total. The first-order valence-electron chi connectivity index (χ1n) is 4.52. The van der Waals surface area contributed by atoms with Crippen LogP contribution in [0.15, 0.2) is 17.0 Å². The summed E-state index contributed by atoms with van der Waals surface area (Å²) in [7, 11) is 0. The van der Waals surface area contributed by atoms with Crippen molar-refractivity contribution in [2.75, 3.05) is 11.2 Å². The number of hydrogen-bond donors (Lipinski definition) is 1. The van der Waals surface area contributed by atoms with Gasteiger partial charge in [-0.2, -0.15) is 0 Å². The van der Waals surface area contributed by atoms with Gasteiger partial charge in [0.05, 0.1) is 4.47 Å². The van der Waals surface area contributed by atoms with Crippen LogP contribution in [0.5, 0.6) is 0 Å². The Balaban J connectivity index is 2.47. The zero-order valence-corrected chi connectivity index (χ0v) is 10.3. The van der Waals surface area contributed by atoms with Crippen molar-refractivity contribution in [2.24, 2.45) is 0 Å². The lowest BCUT2D eigenvalue weighted by molar-refractivity contribution is 0.689. The highest BCUT2D eigenvalue weighted by atomic mass is 79.9. The van der Waals surface area contributed by atoms with Crippen molar-refractivity contribution in [2.45, 2.75) is 25.8 Å². The Kier molecular flexibility index (Phi) is 5.19. The summed E-state index contributed by atoms with van der Waals surface area (Å²) in [6.45, 7) is 2.11. The maximum Gasteiger partial charge on any atom is 0.143 e. The lowest BCUT2D eigenvalue weighted by atomic mass is 10.2. The van der Waals surface area contributed by atoms with Crippen molar-refractivity contribution in [3.05, 3.63) is 17.0 Å². The molecule has 1 aromatic heterocycles. The van der Waals surface area contributed by atoms with Crippen LogP contribution in [-0.4, -0.2) is 21.9 Å². The van der Waals surface area contributed by atoms with E-state index in [2.05, 4.69) is 38.1 Å². The first-order chi connectivity index (χ1) is 6.74. The normalized spacial score (nSPS) is 12.5. The minimum atomic E-state index is 0.375. The third-order valence-electron chi connectivity index (χ3n) is 1.82. The highest BCUT2D eigenvalue weighted by molar-refractivity contribution is 9.10. The molecule has 1 N–H and O–H groups in total. The molecule has 0 saturated heterocycles. The molecule has 0 aromatic carbocycles. The topological polar surface area (TPSA) is 37.8 Å². The molecule has 1 rings (SSSR count). The van der Waals surface area contributed by atoms with E-state index in [1.54, 1.807) is 6.20 Å². The third kappa shape index (κ3) is 3.80. The van der Waals surface area contributed by atoms with Crippen molar-refractivity contribution in [3.8, 4) is 0 Å². The first-order valence-corrected chi connectivity index (χ1v) is 5.84. The predicted octanol–water partition coefficient (Wildman–Crippen LogP) is 3.06. The minimum absolute atomic E-state index is 0.375. The van der Waals surface area contributed by atoms with Crippen molar-refractivity contribution < 1.29 is 0 Å². The number of nitrogens with one attached hydrogen (secondary N) is 1. The van der Waals surface area contributed by atoms with Gasteiger partial charge in [0.15, 0.2) is 0 Å². The number of rotatable bonds is 5. The van der Waals surface area contributed by atoms with E-state index in [0.717, 1.165) is 23.1 Å². The molecule has 78 valence electrons. The van der Waals surface area contributed by atoms with Crippen LogP contribution in [0.3, 0.4) is 0 Å². The summed E-state index contributed by atoms with van der Waals surface area (Å²) < 4.78 is 0.887. The van der Waals surface area contributed by atoms with E-state index >= 15 is 0 Å². The second kappa shape index (κ2) is 6.19. The number of anilines is 1. The van der Waals surface area contributed by atoms with Gasteiger partial charge in [-0.1, -0.05) is 0 Å². The number of hydrogen-bond acceptors (Lipinski definition) is 3. The van der Waals surface area contributed by atoms with Crippen LogP contribution >= 0.6 is 27.5 Å². The van der Waals surface area contributed by atoms with Crippen LogP contribution in [0.1, 0.15) is 19.8 Å². The number of halogens is 2. The molecule has 0 radical (unpaired) electrons. The van der Waals surface area contributed by atoms with Crippen LogP contribution in [-0.2, 0) is 0 Å². The van der Waals surface area contributed by atoms with Crippen LogP contribution in [0.2, 0.25) is 0 Å². The van der Waals surface area contributed by atoms with Crippen molar-refractivity contribution in [1.29, 1.82) is 0 Å². The van der Waals surface area contributed by atoms with E-state index in [1.807, 2.05) is 0 Å². The van der Waals surface area contributed by atoms with Gasteiger partial charge in [-0.25, -0.2) is 9.97 Å². The van der Waals surface area contributed by atoms with E-state index < -0.39 is 0 Å². The summed E-state index contributed by atoms with van der Waals surface area (Å²) in [6.07, 6.45) is 5.31. The summed E-state index contributed by atoms with van der Waals surface area (Å²) >= 11 is 9.00. The summed E-state index contributed by atoms with van der Waals surface area (Å²) in [6, 6.07) is 0.375. The van der Waals surface area contributed by atoms with Gasteiger partial charge in [-0.05, 0) is 35.7 Å². The zero-order chi connectivity index (χ0) is 10.4. The van der Waals surface area contributed by atoms with Crippen molar-refractivity contribution >= 4 is 33.3 Å². The van der Waals surface area contributed by atoms with E-state index in [4.69, 9.17) is 11.6 Å². The maximum atomic E-state index is 5.62. The zero-order valence-electron chi connectivity index (χ0n) is 8.00. The Hall–Kier alpha value is -0.350. The number of aromatic nitrogens is 2. The second-order valence-electron chi connectivity index (χ2n) is 3.10. The first kappa shape index (κ1) is 11.7. The van der Waals surface area contributed by atoms with Gasteiger partial charge >= 0.3 is 0 Å². The van der Waals surface area contributed by atoms with Gasteiger partial charge < -0.3 is 5.32 Å². The van der Waals surface area contributed by atoms with E-state index in [-0.39, 0.29) is 0 Å². The van der Waals surface area contributed by atoms with Gasteiger partial charge in [0.2, 0.25) is 0 Å². The van der Waals surface area contributed by atoms with Crippen LogP contribution < -0.4 is 5.32 Å². The SMILES string of the molecule is CC(CCCCl)Nc1ncncc1Br. The van der Waals surface area contributed by atoms with Gasteiger partial charge in [0.1, 0.15) is 12.1 Å². The monoisotopic (exact) mass is 277 g/mol. The Morgan fingerprint density at radius 2 is 2.43 bits per heavy atom. The van der Waals surface area contributed by atoms with Gasteiger partial charge in [0, 0.05) is 18.1 Å². The quantitative estimate of drug-likeness (QED) is 0.841. The van der Waals surface area contributed by atoms with Crippen molar-refractivity contribution in [1.82, 2.24) is 9.97 Å². The number of alkyl halides is 1. The van der Waals surface area contributed by atoms with Gasteiger partial charge in [-0.3, -0.25) is 0 Å². The fourth-order valence-corrected chi connectivity index (χ4v) is 1.60. The fraction of sp³-hybridized carbons (Fsp3) is 0.556. The Bertz CT molecular complexity index is 283. The lowest BCUT2D eigenvalue weighted by Gasteiger charge is -2.14. The smallest absolute Gasteiger partial charge is 0.143 e. The molecular formula is C9H13BrClN3. The highest BCUT2D eigenvalue weighted by Crippen LogP contribution is 2.18. The Morgan fingerprint density at radius 3 is 3.07 bits per heavy atom. The molecule has 5 heteroatoms. The van der Waals surface area contributed by atoms with E-state index in [9.17, 15) is 0 Å². The molecule has 1 unspecified atom stereocenters. The molecule has 1 atom stereocenters. The second-order valence-corrected chi connectivity index (χ2v) is 4.33. The lowest BCUT2D eigenvalue weighted by Crippen LogP contribution is -2.16. The summed E-state index contributed by atoms with van der Waals surface area (Å²) in [5, 5.41) is 3.29. The molecule has 14 heavy (non-hydrogen) atoms. The average Bonchev–Trinajstić information content (AvgIpc) is 2.18. The molecule has 0 bridgehead atoms. The minimum Gasteiger partial charge on any atom is -0.367 e. The summed E-state index contributed by atoms with van der Waals surface area (Å²) in [5.74, 6) is 1.54. The van der Waals surface area contributed by atoms with Crippen molar-refractivity contribution in [3.63, 3.8) is 0 Å². The molecule has 0 aliphatic heterocycles. The molecule has 0 aliphatic rings. The Labute approximate surface area is 97.4 Å². The molecule has 0 spiro atoms. The predicted molar refractivity (Wildman–Crippen MR) is 62.8 cm³/mol. The standard InChI is InChI=1S/C9H13BrClN3/c1-7(3-2-4-11)14-9-8(10)5-12-6-13-9/h5-7H,2-4H2,1H3,(H,12,13,14). The Morgan fingerprint density at radius 1 is 1.64 bits per heavy atom. The van der Waals surface area contributed by atoms with Gasteiger partial charge in [0.25, 0.3) is 0 Å². The molecule has 0 fully saturated rings. The summed E-state index contributed by atoms with van der Waals surface area (Å²) in [5.41, 5.74) is 0. The van der Waals surface area contributed by atoms with Gasteiger partial charge in [-0.15, -0.1) is 11.6 Å². The molecular weight excluding hydrogens is 265 g/mol. The highest BCUT2D eigenvalue weighted by Gasteiger charge is 2.05. The fourth-order valence-electron chi connectivity index (χ4n) is 1.11. The molecule has 0 amide bonds. The molecule has 0 aliphatic carbocycles. The molecule has 1 heterocycles. The molecule has 1 aromatic rings. The number of nitrogens with zero attached hydrogens (tertiary/aromatic N) is 2. The van der Waals surface area contributed by atoms with Crippen LogP contribution in [0.25, 0.3) is 0 Å². The maximum absolute atomic E-state index is 5.62. The third-order valence-corrected chi connectivity index (χ3v) is 2.67. The summed E-state index contributed by atoms with van der Waals surface area (Å²) in [4.78, 5) is 8.02. The molecule has 0 saturated carbocycles. The van der Waals surface area contributed by atoms with E-state index in [0.29, 0.717) is 11.9 Å². The van der Waals surface area contributed by atoms with E-state index in [1.165, 1.54) is 6.33 Å². The van der Waals surface area contributed by atoms with Crippen LogP contribution in [0.4, 0.5) is 5.82 Å².